The highest BCUT2D eigenvalue weighted by atomic mass is 35.5. The first kappa shape index (κ1) is 16.0. The van der Waals surface area contributed by atoms with Crippen molar-refractivity contribution >= 4 is 17.6 Å². The van der Waals surface area contributed by atoms with Crippen LogP contribution in [0.25, 0.3) is 0 Å². The number of rotatable bonds is 6. The first-order chi connectivity index (χ1) is 8.95. The van der Waals surface area contributed by atoms with Crippen molar-refractivity contribution in [2.75, 3.05) is 34.3 Å². The van der Waals surface area contributed by atoms with E-state index in [1.54, 1.807) is 6.07 Å². The Morgan fingerprint density at radius 1 is 1.47 bits per heavy atom. The van der Waals surface area contributed by atoms with Crippen LogP contribution < -0.4 is 5.32 Å². The molecule has 0 aliphatic rings. The quantitative estimate of drug-likeness (QED) is 0.812. The molecule has 0 aliphatic heterocycles. The van der Waals surface area contributed by atoms with Gasteiger partial charge in [-0.25, -0.2) is 4.79 Å². The molecule has 4 nitrogen and oxygen atoms in total. The zero-order valence-corrected chi connectivity index (χ0v) is 12.6. The molecule has 0 saturated heterocycles. The third-order valence-electron chi connectivity index (χ3n) is 2.89. The minimum atomic E-state index is -0.456. The maximum atomic E-state index is 11.9. The van der Waals surface area contributed by atoms with Crippen LogP contribution in [0.2, 0.25) is 5.02 Å². The van der Waals surface area contributed by atoms with Gasteiger partial charge in [-0.3, -0.25) is 5.32 Å². The smallest absolute Gasteiger partial charge is 0.327 e. The van der Waals surface area contributed by atoms with Crippen molar-refractivity contribution < 1.29 is 9.53 Å². The molecule has 5 heteroatoms. The molecule has 0 saturated carbocycles. The average molecular weight is 285 g/mol. The van der Waals surface area contributed by atoms with Crippen molar-refractivity contribution in [3.63, 3.8) is 0 Å². The van der Waals surface area contributed by atoms with E-state index < -0.39 is 6.04 Å². The van der Waals surface area contributed by atoms with Crippen molar-refractivity contribution in [2.24, 2.45) is 0 Å². The van der Waals surface area contributed by atoms with Crippen LogP contribution >= 0.6 is 11.6 Å². The number of nitrogens with one attached hydrogen (secondary N) is 1. The van der Waals surface area contributed by atoms with Crippen molar-refractivity contribution in [2.45, 2.75) is 13.0 Å². The van der Waals surface area contributed by atoms with Crippen LogP contribution in [0.4, 0.5) is 0 Å². The highest BCUT2D eigenvalue weighted by molar-refractivity contribution is 6.30. The van der Waals surface area contributed by atoms with E-state index in [9.17, 15) is 4.79 Å². The van der Waals surface area contributed by atoms with Crippen molar-refractivity contribution in [1.82, 2.24) is 10.2 Å². The van der Waals surface area contributed by atoms with E-state index >= 15 is 0 Å². The molecule has 106 valence electrons. The van der Waals surface area contributed by atoms with Gasteiger partial charge in [-0.05, 0) is 44.3 Å². The molecule has 0 heterocycles. The number of methoxy groups -OCH3 is 1. The number of carbonyl (C=O) groups is 1. The summed E-state index contributed by atoms with van der Waals surface area (Å²) >= 11 is 5.94. The minimum Gasteiger partial charge on any atom is -0.468 e. The monoisotopic (exact) mass is 284 g/mol. The molecule has 1 rings (SSSR count). The Morgan fingerprint density at radius 2 is 2.16 bits per heavy atom. The van der Waals surface area contributed by atoms with Gasteiger partial charge >= 0.3 is 5.97 Å². The molecular formula is C14H21ClN2O2. The van der Waals surface area contributed by atoms with Gasteiger partial charge in [0, 0.05) is 18.1 Å². The Kier molecular flexibility index (Phi) is 6.28. The van der Waals surface area contributed by atoms with E-state index in [-0.39, 0.29) is 5.97 Å². The standard InChI is InChI=1S/C14H21ClN2O2/c1-10-9-11(15)5-6-12(10)13(14(18)19-4)16-7-8-17(2)3/h5-6,9,13,16H,7-8H2,1-4H3. The summed E-state index contributed by atoms with van der Waals surface area (Å²) in [6.07, 6.45) is 0. The molecule has 1 aromatic rings. The minimum absolute atomic E-state index is 0.288. The van der Waals surface area contributed by atoms with Gasteiger partial charge in [-0.2, -0.15) is 0 Å². The van der Waals surface area contributed by atoms with Gasteiger partial charge in [-0.15, -0.1) is 0 Å². The van der Waals surface area contributed by atoms with Crippen molar-refractivity contribution in [3.8, 4) is 0 Å². The number of aryl methyl sites for hydroxylation is 1. The predicted octanol–water partition coefficient (Wildman–Crippen LogP) is 2.01. The Balaban J connectivity index is 2.87. The summed E-state index contributed by atoms with van der Waals surface area (Å²) in [6, 6.07) is 5.04. The second-order valence-electron chi connectivity index (χ2n) is 4.71. The molecular weight excluding hydrogens is 264 g/mol. The zero-order chi connectivity index (χ0) is 14.4. The molecule has 0 spiro atoms. The van der Waals surface area contributed by atoms with Gasteiger partial charge in [-0.1, -0.05) is 17.7 Å². The van der Waals surface area contributed by atoms with Gasteiger partial charge in [0.25, 0.3) is 0 Å². The lowest BCUT2D eigenvalue weighted by molar-refractivity contribution is -0.143. The van der Waals surface area contributed by atoms with E-state index in [1.807, 2.05) is 33.2 Å². The molecule has 1 aromatic carbocycles. The molecule has 1 atom stereocenters. The largest absolute Gasteiger partial charge is 0.468 e. The van der Waals surface area contributed by atoms with Crippen LogP contribution in [0.1, 0.15) is 17.2 Å². The van der Waals surface area contributed by atoms with Crippen molar-refractivity contribution in [3.05, 3.63) is 34.3 Å². The molecule has 0 radical (unpaired) electrons. The SMILES string of the molecule is COC(=O)C(NCCN(C)C)c1ccc(Cl)cc1C. The summed E-state index contributed by atoms with van der Waals surface area (Å²) in [6.45, 7) is 3.49. The normalized spacial score (nSPS) is 12.5. The molecule has 0 bridgehead atoms. The summed E-state index contributed by atoms with van der Waals surface area (Å²) in [7, 11) is 5.37. The van der Waals surface area contributed by atoms with Crippen LogP contribution in [-0.2, 0) is 9.53 Å². The van der Waals surface area contributed by atoms with Crippen molar-refractivity contribution in [1.29, 1.82) is 0 Å². The number of esters is 1. The summed E-state index contributed by atoms with van der Waals surface area (Å²) < 4.78 is 4.86. The lowest BCUT2D eigenvalue weighted by Gasteiger charge is -2.20. The molecule has 1 N–H and O–H groups in total. The van der Waals surface area contributed by atoms with Crippen LogP contribution in [0.5, 0.6) is 0 Å². The topological polar surface area (TPSA) is 41.6 Å². The Labute approximate surface area is 119 Å². The van der Waals surface area contributed by atoms with E-state index in [0.717, 1.165) is 17.7 Å². The second kappa shape index (κ2) is 7.48. The molecule has 0 fully saturated rings. The summed E-state index contributed by atoms with van der Waals surface area (Å²) in [5.41, 5.74) is 1.87. The average Bonchev–Trinajstić information content (AvgIpc) is 2.34. The second-order valence-corrected chi connectivity index (χ2v) is 5.15. The third kappa shape index (κ3) is 4.82. The summed E-state index contributed by atoms with van der Waals surface area (Å²) in [5, 5.41) is 3.88. The van der Waals surface area contributed by atoms with Gasteiger partial charge in [0.1, 0.15) is 6.04 Å². The first-order valence-electron chi connectivity index (χ1n) is 6.17. The van der Waals surface area contributed by atoms with Crippen LogP contribution in [0.3, 0.4) is 0 Å². The van der Waals surface area contributed by atoms with Crippen LogP contribution in [0.15, 0.2) is 18.2 Å². The number of halogens is 1. The van der Waals surface area contributed by atoms with E-state index in [1.165, 1.54) is 7.11 Å². The number of hydrogen-bond acceptors (Lipinski definition) is 4. The van der Waals surface area contributed by atoms with Crippen LogP contribution in [0, 0.1) is 6.92 Å². The van der Waals surface area contributed by atoms with Gasteiger partial charge in [0.2, 0.25) is 0 Å². The molecule has 1 unspecified atom stereocenters. The summed E-state index contributed by atoms with van der Waals surface area (Å²) in [5.74, 6) is -0.288. The van der Waals surface area contributed by atoms with E-state index in [2.05, 4.69) is 10.2 Å². The lowest BCUT2D eigenvalue weighted by Crippen LogP contribution is -2.35. The number of hydrogen-bond donors (Lipinski definition) is 1. The molecule has 0 aromatic heterocycles. The number of benzene rings is 1. The third-order valence-corrected chi connectivity index (χ3v) is 3.12. The highest BCUT2D eigenvalue weighted by Gasteiger charge is 2.22. The Morgan fingerprint density at radius 3 is 2.68 bits per heavy atom. The summed E-state index contributed by atoms with van der Waals surface area (Å²) in [4.78, 5) is 13.9. The van der Waals surface area contributed by atoms with Gasteiger partial charge in [0.15, 0.2) is 0 Å². The molecule has 0 aliphatic carbocycles. The zero-order valence-electron chi connectivity index (χ0n) is 11.9. The lowest BCUT2D eigenvalue weighted by atomic mass is 10.0. The van der Waals surface area contributed by atoms with Crippen LogP contribution in [-0.4, -0.2) is 45.2 Å². The van der Waals surface area contributed by atoms with E-state index in [0.29, 0.717) is 11.6 Å². The van der Waals surface area contributed by atoms with E-state index in [4.69, 9.17) is 16.3 Å². The van der Waals surface area contributed by atoms with Gasteiger partial charge < -0.3 is 9.64 Å². The van der Waals surface area contributed by atoms with Gasteiger partial charge in [0.05, 0.1) is 7.11 Å². The fourth-order valence-electron chi connectivity index (χ4n) is 1.83. The maximum Gasteiger partial charge on any atom is 0.327 e. The first-order valence-corrected chi connectivity index (χ1v) is 6.55. The number of nitrogens with zero attached hydrogens (tertiary/aromatic N) is 1. The molecule has 19 heavy (non-hydrogen) atoms. The fraction of sp³-hybridized carbons (Fsp3) is 0.500. The molecule has 0 amide bonds. The Bertz CT molecular complexity index is 435. The highest BCUT2D eigenvalue weighted by Crippen LogP contribution is 2.22. The predicted molar refractivity (Wildman–Crippen MR) is 77.5 cm³/mol. The number of ether oxygens (including phenoxy) is 1. The maximum absolute atomic E-state index is 11.9. The fourth-order valence-corrected chi connectivity index (χ4v) is 2.06. The Hall–Kier alpha value is -1.10. The number of likely N-dealkylation sites (N-methyl/N-ethyl adjacent to an activating group) is 1. The number of carbonyl (C=O) groups excluding carboxylic acids is 1.